The Balaban J connectivity index is 3.92. The first-order valence-corrected chi connectivity index (χ1v) is 4.19. The molecule has 0 rings (SSSR count). The van der Waals surface area contributed by atoms with Gasteiger partial charge in [0.2, 0.25) is 5.91 Å². The van der Waals surface area contributed by atoms with Crippen LogP contribution in [-0.2, 0) is 14.3 Å². The van der Waals surface area contributed by atoms with Crippen LogP contribution in [0.25, 0.3) is 0 Å². The van der Waals surface area contributed by atoms with Crippen LogP contribution in [0, 0.1) is 0 Å². The van der Waals surface area contributed by atoms with Gasteiger partial charge < -0.3 is 4.74 Å². The Morgan fingerprint density at radius 3 is 2.46 bits per heavy atom. The summed E-state index contributed by atoms with van der Waals surface area (Å²) in [6, 6.07) is -0.323. The van der Waals surface area contributed by atoms with E-state index < -0.39 is 0 Å². The molecule has 1 atom stereocenters. The molecule has 0 aromatic heterocycles. The summed E-state index contributed by atoms with van der Waals surface area (Å²) in [5.74, 6) is 4.77. The van der Waals surface area contributed by atoms with E-state index in [0.29, 0.717) is 6.61 Å². The first kappa shape index (κ1) is 11.9. The summed E-state index contributed by atoms with van der Waals surface area (Å²) < 4.78 is 4.71. The normalized spacial score (nSPS) is 12.0. The highest BCUT2D eigenvalue weighted by Gasteiger charge is 2.16. The van der Waals surface area contributed by atoms with E-state index in [-0.39, 0.29) is 24.3 Å². The summed E-state index contributed by atoms with van der Waals surface area (Å²) in [7, 11) is 0. The Labute approximate surface area is 77.8 Å². The monoisotopic (exact) mass is 188 g/mol. The molecular weight excluding hydrogens is 172 g/mol. The van der Waals surface area contributed by atoms with Crippen molar-refractivity contribution in [2.24, 2.45) is 5.84 Å². The van der Waals surface area contributed by atoms with Crippen molar-refractivity contribution in [1.82, 2.24) is 5.01 Å². The standard InChI is InChI=1S/C8H16N2O3/c1-4-13-8(12)5-6(2)10(9)7(3)11/h6H,4-5,9H2,1-3H3. The lowest BCUT2D eigenvalue weighted by molar-refractivity contribution is -0.145. The largest absolute Gasteiger partial charge is 0.466 e. The Morgan fingerprint density at radius 2 is 2.08 bits per heavy atom. The Hall–Kier alpha value is -1.10. The number of hydrazine groups is 1. The number of rotatable bonds is 4. The van der Waals surface area contributed by atoms with Gasteiger partial charge in [-0.2, -0.15) is 0 Å². The molecular formula is C8H16N2O3. The van der Waals surface area contributed by atoms with Crippen molar-refractivity contribution < 1.29 is 14.3 Å². The summed E-state index contributed by atoms with van der Waals surface area (Å²) in [6.45, 7) is 5.12. The molecule has 0 heterocycles. The molecule has 1 amide bonds. The van der Waals surface area contributed by atoms with Crippen LogP contribution in [0.4, 0.5) is 0 Å². The fourth-order valence-corrected chi connectivity index (χ4v) is 0.870. The quantitative estimate of drug-likeness (QED) is 0.293. The first-order valence-electron chi connectivity index (χ1n) is 4.19. The number of amides is 1. The van der Waals surface area contributed by atoms with Gasteiger partial charge in [-0.1, -0.05) is 0 Å². The van der Waals surface area contributed by atoms with Gasteiger partial charge in [-0.15, -0.1) is 0 Å². The molecule has 0 spiro atoms. The number of nitrogens with zero attached hydrogens (tertiary/aromatic N) is 1. The molecule has 0 aliphatic carbocycles. The summed E-state index contributed by atoms with van der Waals surface area (Å²) in [5.41, 5.74) is 0. The predicted octanol–water partition coefficient (Wildman–Crippen LogP) is 0.0503. The zero-order valence-electron chi connectivity index (χ0n) is 8.24. The highest BCUT2D eigenvalue weighted by Crippen LogP contribution is 2.00. The van der Waals surface area contributed by atoms with E-state index in [1.807, 2.05) is 0 Å². The second-order valence-corrected chi connectivity index (χ2v) is 2.78. The first-order chi connectivity index (χ1) is 5.99. The number of hydrogen-bond donors (Lipinski definition) is 1. The van der Waals surface area contributed by atoms with Gasteiger partial charge in [-0.05, 0) is 13.8 Å². The summed E-state index contributed by atoms with van der Waals surface area (Å²) in [6.07, 6.45) is 0.129. The molecule has 0 radical (unpaired) electrons. The Morgan fingerprint density at radius 1 is 1.54 bits per heavy atom. The molecule has 0 aromatic carbocycles. The van der Waals surface area contributed by atoms with Gasteiger partial charge in [0, 0.05) is 6.92 Å². The molecule has 0 aliphatic heterocycles. The molecule has 0 saturated carbocycles. The van der Waals surface area contributed by atoms with Crippen LogP contribution in [0.5, 0.6) is 0 Å². The third-order valence-corrected chi connectivity index (χ3v) is 1.61. The van der Waals surface area contributed by atoms with Crippen molar-refractivity contribution in [3.63, 3.8) is 0 Å². The second kappa shape index (κ2) is 5.53. The van der Waals surface area contributed by atoms with Crippen LogP contribution >= 0.6 is 0 Å². The Kier molecular flexibility index (Phi) is 5.06. The van der Waals surface area contributed by atoms with Crippen molar-refractivity contribution in [3.05, 3.63) is 0 Å². The SMILES string of the molecule is CCOC(=O)CC(C)N(N)C(C)=O. The van der Waals surface area contributed by atoms with Crippen molar-refractivity contribution in [1.29, 1.82) is 0 Å². The predicted molar refractivity (Wildman–Crippen MR) is 47.4 cm³/mol. The van der Waals surface area contributed by atoms with Crippen molar-refractivity contribution in [2.45, 2.75) is 33.2 Å². The number of esters is 1. The van der Waals surface area contributed by atoms with Crippen LogP contribution in [0.1, 0.15) is 27.2 Å². The van der Waals surface area contributed by atoms with Crippen LogP contribution in [0.3, 0.4) is 0 Å². The summed E-state index contributed by atoms with van der Waals surface area (Å²) >= 11 is 0. The summed E-state index contributed by atoms with van der Waals surface area (Å²) in [4.78, 5) is 21.7. The molecule has 0 aromatic rings. The maximum atomic E-state index is 11.0. The van der Waals surface area contributed by atoms with Crippen LogP contribution in [-0.4, -0.2) is 29.5 Å². The number of nitrogens with two attached hydrogens (primary N) is 1. The van der Waals surface area contributed by atoms with E-state index in [4.69, 9.17) is 10.6 Å². The molecule has 5 heteroatoms. The van der Waals surface area contributed by atoms with E-state index in [0.717, 1.165) is 5.01 Å². The fourth-order valence-electron chi connectivity index (χ4n) is 0.870. The third kappa shape index (κ3) is 4.47. The van der Waals surface area contributed by atoms with E-state index in [1.54, 1.807) is 13.8 Å². The number of carbonyl (C=O) groups is 2. The number of hydrogen-bond acceptors (Lipinski definition) is 4. The summed E-state index contributed by atoms with van der Waals surface area (Å²) in [5, 5.41) is 1.02. The third-order valence-electron chi connectivity index (χ3n) is 1.61. The minimum Gasteiger partial charge on any atom is -0.466 e. The number of ether oxygens (including phenoxy) is 1. The minimum absolute atomic E-state index is 0.129. The zero-order valence-corrected chi connectivity index (χ0v) is 8.24. The minimum atomic E-state index is -0.341. The molecule has 1 unspecified atom stereocenters. The van der Waals surface area contributed by atoms with Crippen LogP contribution in [0.2, 0.25) is 0 Å². The van der Waals surface area contributed by atoms with Crippen molar-refractivity contribution >= 4 is 11.9 Å². The lowest BCUT2D eigenvalue weighted by atomic mass is 10.2. The molecule has 76 valence electrons. The van der Waals surface area contributed by atoms with Gasteiger partial charge >= 0.3 is 5.97 Å². The van der Waals surface area contributed by atoms with E-state index >= 15 is 0 Å². The maximum Gasteiger partial charge on any atom is 0.307 e. The highest BCUT2D eigenvalue weighted by molar-refractivity contribution is 5.75. The number of carbonyl (C=O) groups excluding carboxylic acids is 2. The molecule has 0 bridgehead atoms. The molecule has 0 aliphatic rings. The highest BCUT2D eigenvalue weighted by atomic mass is 16.5. The average Bonchev–Trinajstić information content (AvgIpc) is 2.03. The molecule has 0 fully saturated rings. The second-order valence-electron chi connectivity index (χ2n) is 2.78. The van der Waals surface area contributed by atoms with Gasteiger partial charge in [-0.3, -0.25) is 14.6 Å². The van der Waals surface area contributed by atoms with Crippen molar-refractivity contribution in [3.8, 4) is 0 Å². The molecule has 5 nitrogen and oxygen atoms in total. The lowest BCUT2D eigenvalue weighted by Crippen LogP contribution is -2.43. The van der Waals surface area contributed by atoms with Gasteiger partial charge in [-0.25, -0.2) is 5.84 Å². The molecule has 2 N–H and O–H groups in total. The molecule has 13 heavy (non-hydrogen) atoms. The topological polar surface area (TPSA) is 72.6 Å². The van der Waals surface area contributed by atoms with E-state index in [1.165, 1.54) is 6.92 Å². The van der Waals surface area contributed by atoms with Crippen LogP contribution in [0.15, 0.2) is 0 Å². The van der Waals surface area contributed by atoms with Gasteiger partial charge in [0.05, 0.1) is 19.1 Å². The van der Waals surface area contributed by atoms with Crippen LogP contribution < -0.4 is 5.84 Å². The van der Waals surface area contributed by atoms with Gasteiger partial charge in [0.15, 0.2) is 0 Å². The molecule has 0 saturated heterocycles. The Bertz CT molecular complexity index is 194. The lowest BCUT2D eigenvalue weighted by Gasteiger charge is -2.21. The maximum absolute atomic E-state index is 11.0. The van der Waals surface area contributed by atoms with E-state index in [9.17, 15) is 9.59 Å². The van der Waals surface area contributed by atoms with Crippen molar-refractivity contribution in [2.75, 3.05) is 6.61 Å². The smallest absolute Gasteiger partial charge is 0.307 e. The average molecular weight is 188 g/mol. The van der Waals surface area contributed by atoms with E-state index in [2.05, 4.69) is 0 Å². The van der Waals surface area contributed by atoms with Gasteiger partial charge in [0.25, 0.3) is 0 Å². The van der Waals surface area contributed by atoms with Gasteiger partial charge in [0.1, 0.15) is 0 Å². The fraction of sp³-hybridized carbons (Fsp3) is 0.750. The zero-order chi connectivity index (χ0) is 10.4.